The van der Waals surface area contributed by atoms with Crippen molar-refractivity contribution in [1.82, 2.24) is 0 Å². The van der Waals surface area contributed by atoms with Crippen LogP contribution in [0.5, 0.6) is 0 Å². The van der Waals surface area contributed by atoms with Crippen molar-refractivity contribution in [3.05, 3.63) is 0 Å². The molecule has 0 amide bonds. The van der Waals surface area contributed by atoms with E-state index in [2.05, 4.69) is 20.8 Å². The number of ketones is 1. The van der Waals surface area contributed by atoms with E-state index in [9.17, 15) is 4.79 Å². The van der Waals surface area contributed by atoms with Crippen LogP contribution in [0.2, 0.25) is 0 Å². The average molecular weight is 238 g/mol. The molecule has 1 nitrogen and oxygen atoms in total. The van der Waals surface area contributed by atoms with E-state index in [1.54, 1.807) is 0 Å². The first-order chi connectivity index (χ1) is 8.13. The summed E-state index contributed by atoms with van der Waals surface area (Å²) in [6.45, 7) is 6.80. The summed E-state index contributed by atoms with van der Waals surface area (Å²) in [4.78, 5) is 11.4. The summed E-state index contributed by atoms with van der Waals surface area (Å²) in [5.41, 5.74) is 0. The minimum absolute atomic E-state index is 0.475. The van der Waals surface area contributed by atoms with Crippen LogP contribution in [-0.2, 0) is 4.79 Å². The van der Waals surface area contributed by atoms with Crippen molar-refractivity contribution in [3.8, 4) is 0 Å². The zero-order valence-corrected chi connectivity index (χ0v) is 12.0. The molecule has 0 bridgehead atoms. The van der Waals surface area contributed by atoms with Crippen LogP contribution < -0.4 is 0 Å². The van der Waals surface area contributed by atoms with E-state index in [0.717, 1.165) is 43.4 Å². The molecule has 1 rings (SSSR count). The van der Waals surface area contributed by atoms with Gasteiger partial charge in [0.2, 0.25) is 0 Å². The van der Waals surface area contributed by atoms with Gasteiger partial charge in [-0.1, -0.05) is 40.0 Å². The van der Waals surface area contributed by atoms with Gasteiger partial charge >= 0.3 is 0 Å². The Labute approximate surface area is 107 Å². The monoisotopic (exact) mass is 238 g/mol. The molecule has 0 aromatic carbocycles. The summed E-state index contributed by atoms with van der Waals surface area (Å²) in [5.74, 6) is 3.22. The maximum absolute atomic E-state index is 11.4. The normalized spacial score (nSPS) is 25.2. The van der Waals surface area contributed by atoms with Crippen LogP contribution in [0.25, 0.3) is 0 Å². The summed E-state index contributed by atoms with van der Waals surface area (Å²) in [5, 5.41) is 0. The second-order valence-electron chi connectivity index (χ2n) is 6.21. The van der Waals surface area contributed by atoms with E-state index in [4.69, 9.17) is 0 Å². The van der Waals surface area contributed by atoms with Crippen LogP contribution in [0, 0.1) is 17.8 Å². The van der Waals surface area contributed by atoms with Crippen LogP contribution in [0.15, 0.2) is 0 Å². The van der Waals surface area contributed by atoms with Gasteiger partial charge in [0.05, 0.1) is 0 Å². The lowest BCUT2D eigenvalue weighted by molar-refractivity contribution is -0.119. The molecule has 0 N–H and O–H groups in total. The second-order valence-corrected chi connectivity index (χ2v) is 6.21. The van der Waals surface area contributed by atoms with Crippen molar-refractivity contribution in [1.29, 1.82) is 0 Å². The van der Waals surface area contributed by atoms with E-state index < -0.39 is 0 Å². The van der Waals surface area contributed by atoms with E-state index in [1.807, 2.05) is 0 Å². The average Bonchev–Trinajstić information content (AvgIpc) is 2.30. The van der Waals surface area contributed by atoms with Gasteiger partial charge in [-0.15, -0.1) is 0 Å². The fourth-order valence-corrected chi connectivity index (χ4v) is 3.14. The number of Topliss-reactive ketones (excluding diaryl/α,β-unsaturated/α-hetero) is 1. The lowest BCUT2D eigenvalue weighted by atomic mass is 9.75. The molecule has 1 aliphatic carbocycles. The summed E-state index contributed by atoms with van der Waals surface area (Å²) in [6.07, 6.45) is 10.7. The number of carbonyl (C=O) groups is 1. The van der Waals surface area contributed by atoms with Gasteiger partial charge in [-0.25, -0.2) is 0 Å². The molecule has 0 atom stereocenters. The highest BCUT2D eigenvalue weighted by Gasteiger charge is 2.22. The Hall–Kier alpha value is -0.330. The lowest BCUT2D eigenvalue weighted by Gasteiger charge is -2.30. The van der Waals surface area contributed by atoms with Gasteiger partial charge in [-0.05, 0) is 43.4 Å². The SMILES string of the molecule is CCCC(=O)CCCC1CCC(C(C)C)CC1. The highest BCUT2D eigenvalue weighted by atomic mass is 16.1. The Balaban J connectivity index is 2.08. The van der Waals surface area contributed by atoms with Gasteiger partial charge in [-0.2, -0.15) is 0 Å². The van der Waals surface area contributed by atoms with Crippen molar-refractivity contribution >= 4 is 5.78 Å². The lowest BCUT2D eigenvalue weighted by Crippen LogP contribution is -2.18. The molecular formula is C16H30O. The van der Waals surface area contributed by atoms with Crippen LogP contribution in [0.3, 0.4) is 0 Å². The van der Waals surface area contributed by atoms with E-state index >= 15 is 0 Å². The molecule has 0 aromatic heterocycles. The van der Waals surface area contributed by atoms with Gasteiger partial charge in [0.15, 0.2) is 0 Å². The quantitative estimate of drug-likeness (QED) is 0.611. The zero-order chi connectivity index (χ0) is 12.7. The number of rotatable bonds is 7. The summed E-state index contributed by atoms with van der Waals surface area (Å²) < 4.78 is 0. The van der Waals surface area contributed by atoms with E-state index in [-0.39, 0.29) is 0 Å². The molecule has 0 spiro atoms. The molecule has 0 unspecified atom stereocenters. The molecular weight excluding hydrogens is 208 g/mol. The Kier molecular flexibility index (Phi) is 6.84. The fourth-order valence-electron chi connectivity index (χ4n) is 3.14. The minimum atomic E-state index is 0.475. The van der Waals surface area contributed by atoms with Gasteiger partial charge < -0.3 is 0 Å². The van der Waals surface area contributed by atoms with Crippen molar-refractivity contribution < 1.29 is 4.79 Å². The molecule has 1 heteroatoms. The van der Waals surface area contributed by atoms with Crippen LogP contribution in [0.1, 0.15) is 78.6 Å². The first-order valence-electron chi connectivity index (χ1n) is 7.65. The Bertz CT molecular complexity index is 212. The predicted octanol–water partition coefficient (Wildman–Crippen LogP) is 4.99. The largest absolute Gasteiger partial charge is 0.300 e. The predicted molar refractivity (Wildman–Crippen MR) is 74.1 cm³/mol. The molecule has 0 heterocycles. The maximum Gasteiger partial charge on any atom is 0.132 e. The van der Waals surface area contributed by atoms with Crippen molar-refractivity contribution in [2.75, 3.05) is 0 Å². The van der Waals surface area contributed by atoms with Gasteiger partial charge in [0.25, 0.3) is 0 Å². The first kappa shape index (κ1) is 14.7. The first-order valence-corrected chi connectivity index (χ1v) is 7.65. The number of carbonyl (C=O) groups excluding carboxylic acids is 1. The molecule has 0 aromatic rings. The molecule has 0 aliphatic heterocycles. The van der Waals surface area contributed by atoms with Gasteiger partial charge in [0, 0.05) is 12.8 Å². The standard InChI is InChI=1S/C16H30O/c1-4-6-16(17)8-5-7-14-9-11-15(12-10-14)13(2)3/h13-15H,4-12H2,1-3H3. The third-order valence-electron chi connectivity index (χ3n) is 4.43. The molecule has 0 radical (unpaired) electrons. The van der Waals surface area contributed by atoms with Gasteiger partial charge in [0.1, 0.15) is 5.78 Å². The van der Waals surface area contributed by atoms with Crippen molar-refractivity contribution in [2.45, 2.75) is 78.6 Å². The highest BCUT2D eigenvalue weighted by Crippen LogP contribution is 2.35. The van der Waals surface area contributed by atoms with Crippen LogP contribution in [0.4, 0.5) is 0 Å². The number of hydrogen-bond donors (Lipinski definition) is 0. The molecule has 100 valence electrons. The Morgan fingerprint density at radius 1 is 1.12 bits per heavy atom. The summed E-state index contributed by atoms with van der Waals surface area (Å²) in [6, 6.07) is 0. The van der Waals surface area contributed by atoms with Crippen molar-refractivity contribution in [2.24, 2.45) is 17.8 Å². The fraction of sp³-hybridized carbons (Fsp3) is 0.938. The zero-order valence-electron chi connectivity index (χ0n) is 12.0. The smallest absolute Gasteiger partial charge is 0.132 e. The highest BCUT2D eigenvalue weighted by molar-refractivity contribution is 5.78. The third kappa shape index (κ3) is 5.70. The van der Waals surface area contributed by atoms with Crippen LogP contribution >= 0.6 is 0 Å². The molecule has 1 aliphatic rings. The summed E-state index contributed by atoms with van der Waals surface area (Å²) >= 11 is 0. The molecule has 1 fully saturated rings. The molecule has 0 saturated heterocycles. The molecule has 17 heavy (non-hydrogen) atoms. The van der Waals surface area contributed by atoms with Crippen molar-refractivity contribution in [3.63, 3.8) is 0 Å². The van der Waals surface area contributed by atoms with E-state index in [1.165, 1.54) is 32.1 Å². The molecule has 1 saturated carbocycles. The minimum Gasteiger partial charge on any atom is -0.300 e. The van der Waals surface area contributed by atoms with Crippen LogP contribution in [-0.4, -0.2) is 5.78 Å². The van der Waals surface area contributed by atoms with Gasteiger partial charge in [-0.3, -0.25) is 4.79 Å². The Morgan fingerprint density at radius 2 is 1.76 bits per heavy atom. The second kappa shape index (κ2) is 7.89. The van der Waals surface area contributed by atoms with E-state index in [0.29, 0.717) is 5.78 Å². The Morgan fingerprint density at radius 3 is 2.29 bits per heavy atom. The maximum atomic E-state index is 11.4. The summed E-state index contributed by atoms with van der Waals surface area (Å²) in [7, 11) is 0. The third-order valence-corrected chi connectivity index (χ3v) is 4.43. The topological polar surface area (TPSA) is 17.1 Å². The number of hydrogen-bond acceptors (Lipinski definition) is 1.